The number of aromatic nitrogens is 3. The number of ketones is 1. The van der Waals surface area contributed by atoms with Gasteiger partial charge in [0.25, 0.3) is 0 Å². The number of nitrogens with one attached hydrogen (secondary N) is 2. The average molecular weight is 357 g/mol. The van der Waals surface area contributed by atoms with Gasteiger partial charge >= 0.3 is 0 Å². The van der Waals surface area contributed by atoms with Crippen LogP contribution in [-0.2, 0) is 0 Å². The highest BCUT2D eigenvalue weighted by Gasteiger charge is 2.15. The quantitative estimate of drug-likeness (QED) is 0.528. The van der Waals surface area contributed by atoms with Gasteiger partial charge in [-0.05, 0) is 36.4 Å². The van der Waals surface area contributed by atoms with E-state index in [2.05, 4.69) is 26.3 Å². The molecule has 0 fully saturated rings. The molecule has 27 heavy (non-hydrogen) atoms. The third kappa shape index (κ3) is 3.37. The predicted octanol–water partition coefficient (Wildman–Crippen LogP) is 4.00. The number of anilines is 3. The van der Waals surface area contributed by atoms with Crippen molar-refractivity contribution in [1.29, 1.82) is 0 Å². The fraction of sp³-hybridized carbons (Fsp3) is 0.0952. The van der Waals surface area contributed by atoms with Gasteiger partial charge < -0.3 is 15.2 Å². The van der Waals surface area contributed by atoms with Gasteiger partial charge in [-0.2, -0.15) is 0 Å². The molecule has 0 atom stereocenters. The topological polar surface area (TPSA) is 73.9 Å². The molecule has 0 aliphatic heterocycles. The van der Waals surface area contributed by atoms with Crippen molar-refractivity contribution >= 4 is 33.9 Å². The molecule has 6 heteroatoms. The van der Waals surface area contributed by atoms with Gasteiger partial charge in [-0.25, -0.2) is 4.98 Å². The first kappa shape index (κ1) is 16.8. The molecule has 0 amide bonds. The zero-order valence-electron chi connectivity index (χ0n) is 15.1. The van der Waals surface area contributed by atoms with Crippen molar-refractivity contribution in [3.63, 3.8) is 0 Å². The Morgan fingerprint density at radius 3 is 2.74 bits per heavy atom. The monoisotopic (exact) mass is 357 g/mol. The molecule has 3 aromatic heterocycles. The van der Waals surface area contributed by atoms with Crippen molar-refractivity contribution in [2.24, 2.45) is 0 Å². The molecule has 6 nitrogen and oxygen atoms in total. The summed E-state index contributed by atoms with van der Waals surface area (Å²) < 4.78 is 0. The molecule has 0 saturated heterocycles. The van der Waals surface area contributed by atoms with E-state index in [1.807, 2.05) is 43.3 Å². The summed E-state index contributed by atoms with van der Waals surface area (Å²) in [6.45, 7) is 0. The molecular weight excluding hydrogens is 338 g/mol. The molecule has 0 spiro atoms. The second-order valence-electron chi connectivity index (χ2n) is 6.46. The fourth-order valence-corrected chi connectivity index (χ4v) is 2.94. The summed E-state index contributed by atoms with van der Waals surface area (Å²) in [7, 11) is 4.01. The first-order chi connectivity index (χ1) is 13.1. The molecule has 0 aliphatic carbocycles. The highest BCUT2D eigenvalue weighted by molar-refractivity contribution is 6.16. The number of H-pyrrole nitrogens is 1. The third-order valence-electron chi connectivity index (χ3n) is 4.35. The van der Waals surface area contributed by atoms with E-state index in [-0.39, 0.29) is 5.78 Å². The highest BCUT2D eigenvalue weighted by atomic mass is 16.1. The number of aromatic amines is 1. The SMILES string of the molecule is CN(C)c1cccc(Nc2cnc3[nH]cc(C(=O)c4cccnc4)c3c2)c1. The minimum absolute atomic E-state index is 0.0806. The highest BCUT2D eigenvalue weighted by Crippen LogP contribution is 2.26. The maximum Gasteiger partial charge on any atom is 0.196 e. The van der Waals surface area contributed by atoms with Crippen molar-refractivity contribution in [3.05, 3.63) is 78.4 Å². The standard InChI is InChI=1S/C21H19N5O/c1-26(2)17-7-3-6-15(9-17)25-16-10-18-19(13-24-21(18)23-12-16)20(27)14-5-4-8-22-11-14/h3-13,25H,1-2H3,(H,23,24). The summed E-state index contributed by atoms with van der Waals surface area (Å²) in [5, 5.41) is 4.14. The largest absolute Gasteiger partial charge is 0.378 e. The van der Waals surface area contributed by atoms with E-state index in [9.17, 15) is 4.79 Å². The van der Waals surface area contributed by atoms with Crippen molar-refractivity contribution in [2.45, 2.75) is 0 Å². The Balaban J connectivity index is 1.68. The molecule has 0 radical (unpaired) electrons. The molecular formula is C21H19N5O. The van der Waals surface area contributed by atoms with Crippen LogP contribution in [0.2, 0.25) is 0 Å². The van der Waals surface area contributed by atoms with Crippen LogP contribution in [0.15, 0.2) is 67.3 Å². The lowest BCUT2D eigenvalue weighted by Gasteiger charge is -2.14. The lowest BCUT2D eigenvalue weighted by Crippen LogP contribution is -2.08. The zero-order valence-corrected chi connectivity index (χ0v) is 15.1. The van der Waals surface area contributed by atoms with Gasteiger partial charge in [0.15, 0.2) is 5.78 Å². The molecule has 0 aliphatic rings. The van der Waals surface area contributed by atoms with Crippen molar-refractivity contribution in [3.8, 4) is 0 Å². The Morgan fingerprint density at radius 1 is 1.07 bits per heavy atom. The zero-order chi connectivity index (χ0) is 18.8. The summed E-state index contributed by atoms with van der Waals surface area (Å²) in [5.74, 6) is -0.0806. The molecule has 134 valence electrons. The van der Waals surface area contributed by atoms with Crippen LogP contribution in [0.1, 0.15) is 15.9 Å². The molecule has 0 saturated carbocycles. The molecule has 1 aromatic carbocycles. The van der Waals surface area contributed by atoms with Crippen molar-refractivity contribution < 1.29 is 4.79 Å². The number of rotatable bonds is 5. The molecule has 4 aromatic rings. The van der Waals surface area contributed by atoms with E-state index in [1.165, 1.54) is 0 Å². The second kappa shape index (κ2) is 6.92. The number of hydrogen-bond donors (Lipinski definition) is 2. The Labute approximate surface area is 156 Å². The van der Waals surface area contributed by atoms with E-state index < -0.39 is 0 Å². The van der Waals surface area contributed by atoms with Gasteiger partial charge in [-0.15, -0.1) is 0 Å². The van der Waals surface area contributed by atoms with E-state index >= 15 is 0 Å². The van der Waals surface area contributed by atoms with Crippen LogP contribution in [0.4, 0.5) is 17.1 Å². The summed E-state index contributed by atoms with van der Waals surface area (Å²) in [6.07, 6.45) is 6.67. The molecule has 3 heterocycles. The number of carbonyl (C=O) groups is 1. The Bertz CT molecular complexity index is 1100. The average Bonchev–Trinajstić information content (AvgIpc) is 3.11. The van der Waals surface area contributed by atoms with Gasteiger partial charge in [0.2, 0.25) is 0 Å². The third-order valence-corrected chi connectivity index (χ3v) is 4.35. The van der Waals surface area contributed by atoms with E-state index in [0.717, 1.165) is 22.4 Å². The first-order valence-corrected chi connectivity index (χ1v) is 8.58. The minimum atomic E-state index is -0.0806. The number of nitrogens with zero attached hydrogens (tertiary/aromatic N) is 3. The van der Waals surface area contributed by atoms with Gasteiger partial charge in [-0.1, -0.05) is 6.07 Å². The van der Waals surface area contributed by atoms with E-state index in [4.69, 9.17) is 0 Å². The van der Waals surface area contributed by atoms with Crippen LogP contribution in [-0.4, -0.2) is 34.8 Å². The van der Waals surface area contributed by atoms with Crippen LogP contribution in [0.5, 0.6) is 0 Å². The summed E-state index contributed by atoms with van der Waals surface area (Å²) >= 11 is 0. The lowest BCUT2D eigenvalue weighted by atomic mass is 10.1. The van der Waals surface area contributed by atoms with Gasteiger partial charge in [0.1, 0.15) is 5.65 Å². The maximum atomic E-state index is 12.8. The second-order valence-corrected chi connectivity index (χ2v) is 6.46. The predicted molar refractivity (Wildman–Crippen MR) is 108 cm³/mol. The molecule has 0 bridgehead atoms. The van der Waals surface area contributed by atoms with Crippen LogP contribution < -0.4 is 10.2 Å². The Morgan fingerprint density at radius 2 is 1.96 bits per heavy atom. The first-order valence-electron chi connectivity index (χ1n) is 8.58. The van der Waals surface area contributed by atoms with Crippen molar-refractivity contribution in [1.82, 2.24) is 15.0 Å². The minimum Gasteiger partial charge on any atom is -0.378 e. The van der Waals surface area contributed by atoms with Crippen LogP contribution >= 0.6 is 0 Å². The lowest BCUT2D eigenvalue weighted by molar-refractivity contribution is 0.104. The summed E-state index contributed by atoms with van der Waals surface area (Å²) in [6, 6.07) is 13.5. The number of pyridine rings is 2. The van der Waals surface area contributed by atoms with E-state index in [1.54, 1.807) is 36.9 Å². The molecule has 0 unspecified atom stereocenters. The normalized spacial score (nSPS) is 10.7. The van der Waals surface area contributed by atoms with E-state index in [0.29, 0.717) is 16.8 Å². The van der Waals surface area contributed by atoms with Crippen molar-refractivity contribution in [2.75, 3.05) is 24.3 Å². The number of fused-ring (bicyclic) bond motifs is 1. The van der Waals surface area contributed by atoms with Crippen LogP contribution in [0.25, 0.3) is 11.0 Å². The summed E-state index contributed by atoms with van der Waals surface area (Å²) in [5.41, 5.74) is 4.68. The Hall–Kier alpha value is -3.67. The van der Waals surface area contributed by atoms with Gasteiger partial charge in [-0.3, -0.25) is 9.78 Å². The molecule has 4 rings (SSSR count). The fourth-order valence-electron chi connectivity index (χ4n) is 2.94. The summed E-state index contributed by atoms with van der Waals surface area (Å²) in [4.78, 5) is 26.4. The molecule has 2 N–H and O–H groups in total. The maximum absolute atomic E-state index is 12.8. The van der Waals surface area contributed by atoms with Crippen LogP contribution in [0.3, 0.4) is 0 Å². The number of benzene rings is 1. The van der Waals surface area contributed by atoms with Crippen LogP contribution in [0, 0.1) is 0 Å². The smallest absolute Gasteiger partial charge is 0.196 e. The number of carbonyl (C=O) groups excluding carboxylic acids is 1. The van der Waals surface area contributed by atoms with Gasteiger partial charge in [0.05, 0.1) is 11.9 Å². The number of hydrogen-bond acceptors (Lipinski definition) is 5. The van der Waals surface area contributed by atoms with Gasteiger partial charge in [0, 0.05) is 60.6 Å². The Kier molecular flexibility index (Phi) is 4.30.